The molecule has 1 aliphatic heterocycles. The van der Waals surface area contributed by atoms with Crippen LogP contribution in [0, 0.1) is 0 Å². The van der Waals surface area contributed by atoms with Crippen molar-refractivity contribution >= 4 is 27.7 Å². The summed E-state index contributed by atoms with van der Waals surface area (Å²) < 4.78 is 25.7. The second kappa shape index (κ2) is 8.18. The van der Waals surface area contributed by atoms with Gasteiger partial charge >= 0.3 is 6.03 Å². The van der Waals surface area contributed by atoms with Gasteiger partial charge in [-0.1, -0.05) is 23.7 Å². The number of sulfonamides is 1. The summed E-state index contributed by atoms with van der Waals surface area (Å²) in [5, 5.41) is 3.00. The van der Waals surface area contributed by atoms with Crippen molar-refractivity contribution in [3.8, 4) is 0 Å². The van der Waals surface area contributed by atoms with Crippen LogP contribution in [0.25, 0.3) is 0 Å². The third kappa shape index (κ3) is 4.84. The standard InChI is InChI=1S/C16H24ClN3O3S/c1-19(2)24(22,23)15-7-4-10-20(12-15)16(21)18-9-8-13-5-3-6-14(17)11-13/h3,5-6,11,15H,4,7-10,12H2,1-2H3,(H,18,21). The van der Waals surface area contributed by atoms with Gasteiger partial charge in [0.15, 0.2) is 0 Å². The Bertz CT molecular complexity index is 679. The SMILES string of the molecule is CN(C)S(=O)(=O)C1CCCN(C(=O)NCCc2cccc(Cl)c2)C1. The molecule has 134 valence electrons. The summed E-state index contributed by atoms with van der Waals surface area (Å²) in [7, 11) is -0.283. The van der Waals surface area contributed by atoms with Gasteiger partial charge in [-0.3, -0.25) is 0 Å². The molecule has 8 heteroatoms. The zero-order valence-electron chi connectivity index (χ0n) is 14.0. The van der Waals surface area contributed by atoms with Crippen LogP contribution in [0.3, 0.4) is 0 Å². The van der Waals surface area contributed by atoms with Crippen LogP contribution in [0.1, 0.15) is 18.4 Å². The summed E-state index contributed by atoms with van der Waals surface area (Å²) in [6.07, 6.45) is 1.96. The molecule has 2 amide bonds. The highest BCUT2D eigenvalue weighted by Gasteiger charge is 2.33. The minimum atomic E-state index is -3.34. The first-order chi connectivity index (χ1) is 11.3. The molecule has 0 bridgehead atoms. The summed E-state index contributed by atoms with van der Waals surface area (Å²) in [5.74, 6) is 0. The normalized spacial score (nSPS) is 18.7. The molecule has 1 aromatic carbocycles. The van der Waals surface area contributed by atoms with Gasteiger partial charge in [0, 0.05) is 38.8 Å². The van der Waals surface area contributed by atoms with Crippen LogP contribution in [0.2, 0.25) is 5.02 Å². The number of urea groups is 1. The van der Waals surface area contributed by atoms with Gasteiger partial charge in [0.05, 0.1) is 5.25 Å². The monoisotopic (exact) mass is 373 g/mol. The maximum absolute atomic E-state index is 12.3. The molecule has 2 rings (SSSR count). The van der Waals surface area contributed by atoms with E-state index in [9.17, 15) is 13.2 Å². The number of rotatable bonds is 5. The van der Waals surface area contributed by atoms with Gasteiger partial charge in [-0.25, -0.2) is 17.5 Å². The molecule has 0 spiro atoms. The van der Waals surface area contributed by atoms with Crippen molar-refractivity contribution < 1.29 is 13.2 Å². The number of likely N-dealkylation sites (tertiary alicyclic amines) is 1. The number of benzene rings is 1. The van der Waals surface area contributed by atoms with E-state index in [0.29, 0.717) is 37.4 Å². The fourth-order valence-electron chi connectivity index (χ4n) is 2.78. The maximum atomic E-state index is 12.3. The fourth-order valence-corrected chi connectivity index (χ4v) is 4.42. The van der Waals surface area contributed by atoms with Crippen molar-refractivity contribution in [3.05, 3.63) is 34.9 Å². The Hall–Kier alpha value is -1.31. The lowest BCUT2D eigenvalue weighted by Crippen LogP contribution is -2.51. The highest BCUT2D eigenvalue weighted by molar-refractivity contribution is 7.89. The fraction of sp³-hybridized carbons (Fsp3) is 0.562. The maximum Gasteiger partial charge on any atom is 0.317 e. The molecule has 1 fully saturated rings. The van der Waals surface area contributed by atoms with E-state index in [2.05, 4.69) is 5.32 Å². The van der Waals surface area contributed by atoms with E-state index in [1.54, 1.807) is 4.90 Å². The smallest absolute Gasteiger partial charge is 0.317 e. The van der Waals surface area contributed by atoms with Crippen molar-refractivity contribution in [1.29, 1.82) is 0 Å². The summed E-state index contributed by atoms with van der Waals surface area (Å²) >= 11 is 5.94. The predicted molar refractivity (Wildman–Crippen MR) is 95.8 cm³/mol. The van der Waals surface area contributed by atoms with E-state index < -0.39 is 15.3 Å². The Kier molecular flexibility index (Phi) is 6.48. The predicted octanol–water partition coefficient (Wildman–Crippen LogP) is 1.95. The van der Waals surface area contributed by atoms with Crippen molar-refractivity contribution in [1.82, 2.24) is 14.5 Å². The molecule has 1 heterocycles. The summed E-state index contributed by atoms with van der Waals surface area (Å²) in [6, 6.07) is 7.30. The first-order valence-electron chi connectivity index (χ1n) is 7.99. The topological polar surface area (TPSA) is 69.7 Å². The number of nitrogens with one attached hydrogen (secondary N) is 1. The van der Waals surface area contributed by atoms with E-state index >= 15 is 0 Å². The molecule has 0 aromatic heterocycles. The molecule has 0 saturated carbocycles. The Balaban J connectivity index is 1.86. The zero-order chi connectivity index (χ0) is 17.7. The lowest BCUT2D eigenvalue weighted by atomic mass is 10.1. The molecule has 1 aromatic rings. The van der Waals surface area contributed by atoms with E-state index in [4.69, 9.17) is 11.6 Å². The third-order valence-corrected chi connectivity index (χ3v) is 6.65. The molecule has 1 atom stereocenters. The second-order valence-electron chi connectivity index (χ2n) is 6.15. The van der Waals surface area contributed by atoms with Crippen LogP contribution in [0.15, 0.2) is 24.3 Å². The lowest BCUT2D eigenvalue weighted by Gasteiger charge is -2.33. The minimum absolute atomic E-state index is 0.212. The van der Waals surface area contributed by atoms with Crippen LogP contribution < -0.4 is 5.32 Å². The zero-order valence-corrected chi connectivity index (χ0v) is 15.6. The largest absolute Gasteiger partial charge is 0.338 e. The number of amides is 2. The number of carbonyl (C=O) groups is 1. The molecule has 6 nitrogen and oxygen atoms in total. The van der Waals surface area contributed by atoms with Gasteiger partial charge in [0.2, 0.25) is 10.0 Å². The lowest BCUT2D eigenvalue weighted by molar-refractivity contribution is 0.186. The Morgan fingerprint density at radius 2 is 2.17 bits per heavy atom. The molecule has 1 aliphatic rings. The molecular weight excluding hydrogens is 350 g/mol. The van der Waals surface area contributed by atoms with Crippen LogP contribution >= 0.6 is 11.6 Å². The molecule has 0 aliphatic carbocycles. The molecule has 0 radical (unpaired) electrons. The number of nitrogens with zero attached hydrogens (tertiary/aromatic N) is 2. The number of hydrogen-bond acceptors (Lipinski definition) is 3. The molecule has 1 unspecified atom stereocenters. The highest BCUT2D eigenvalue weighted by atomic mass is 35.5. The molecular formula is C16H24ClN3O3S. The van der Waals surface area contributed by atoms with E-state index in [1.165, 1.54) is 18.4 Å². The van der Waals surface area contributed by atoms with Gasteiger partial charge < -0.3 is 10.2 Å². The van der Waals surface area contributed by atoms with E-state index in [0.717, 1.165) is 5.56 Å². The van der Waals surface area contributed by atoms with Crippen LogP contribution in [0.4, 0.5) is 4.79 Å². The number of piperidine rings is 1. The highest BCUT2D eigenvalue weighted by Crippen LogP contribution is 2.19. The minimum Gasteiger partial charge on any atom is -0.338 e. The van der Waals surface area contributed by atoms with Crippen molar-refractivity contribution in [2.24, 2.45) is 0 Å². The van der Waals surface area contributed by atoms with Gasteiger partial charge in [0.25, 0.3) is 0 Å². The summed E-state index contributed by atoms with van der Waals surface area (Å²) in [4.78, 5) is 13.9. The first kappa shape index (κ1) is 19.0. The Labute approximate surface area is 148 Å². The van der Waals surface area contributed by atoms with Crippen LogP contribution in [-0.4, -0.2) is 62.6 Å². The van der Waals surface area contributed by atoms with Gasteiger partial charge in [-0.05, 0) is 37.0 Å². The molecule has 1 saturated heterocycles. The van der Waals surface area contributed by atoms with Crippen molar-refractivity contribution in [2.45, 2.75) is 24.5 Å². The average Bonchev–Trinajstić information content (AvgIpc) is 2.55. The first-order valence-corrected chi connectivity index (χ1v) is 9.87. The molecule has 24 heavy (non-hydrogen) atoms. The van der Waals surface area contributed by atoms with Crippen molar-refractivity contribution in [2.75, 3.05) is 33.7 Å². The van der Waals surface area contributed by atoms with E-state index in [-0.39, 0.29) is 12.6 Å². The summed E-state index contributed by atoms with van der Waals surface area (Å²) in [6.45, 7) is 1.31. The van der Waals surface area contributed by atoms with Gasteiger partial charge in [-0.15, -0.1) is 0 Å². The third-order valence-electron chi connectivity index (χ3n) is 4.17. The number of carbonyl (C=O) groups excluding carboxylic acids is 1. The average molecular weight is 374 g/mol. The summed E-state index contributed by atoms with van der Waals surface area (Å²) in [5.41, 5.74) is 1.05. The number of halogens is 1. The van der Waals surface area contributed by atoms with E-state index in [1.807, 2.05) is 24.3 Å². The molecule has 1 N–H and O–H groups in total. The Morgan fingerprint density at radius 1 is 1.42 bits per heavy atom. The quantitative estimate of drug-likeness (QED) is 0.857. The van der Waals surface area contributed by atoms with Crippen LogP contribution in [-0.2, 0) is 16.4 Å². The van der Waals surface area contributed by atoms with Crippen molar-refractivity contribution in [3.63, 3.8) is 0 Å². The second-order valence-corrected chi connectivity index (χ2v) is 9.01. The number of hydrogen-bond donors (Lipinski definition) is 1. The van der Waals surface area contributed by atoms with Gasteiger partial charge in [-0.2, -0.15) is 0 Å². The Morgan fingerprint density at radius 3 is 2.83 bits per heavy atom. The van der Waals surface area contributed by atoms with Gasteiger partial charge in [0.1, 0.15) is 0 Å². The van der Waals surface area contributed by atoms with Crippen LogP contribution in [0.5, 0.6) is 0 Å².